The van der Waals surface area contributed by atoms with Gasteiger partial charge in [-0.15, -0.1) is 0 Å². The van der Waals surface area contributed by atoms with E-state index in [2.05, 4.69) is 0 Å². The predicted molar refractivity (Wildman–Crippen MR) is 69.6 cm³/mol. The lowest BCUT2D eigenvalue weighted by atomic mass is 10.0. The van der Waals surface area contributed by atoms with E-state index in [9.17, 15) is 17.6 Å². The van der Waals surface area contributed by atoms with Crippen LogP contribution in [-0.2, 0) is 6.18 Å². The molecule has 0 saturated carbocycles. The highest BCUT2D eigenvalue weighted by Gasteiger charge is 2.33. The number of alkyl halides is 3. The first-order valence-corrected chi connectivity index (χ1v) is 6.09. The van der Waals surface area contributed by atoms with Crippen molar-refractivity contribution >= 4 is 22.6 Å². The fourth-order valence-corrected chi connectivity index (χ4v) is 2.25. The summed E-state index contributed by atoms with van der Waals surface area (Å²) in [5.74, 6) is -0.535. The van der Waals surface area contributed by atoms with Crippen molar-refractivity contribution in [2.24, 2.45) is 0 Å². The van der Waals surface area contributed by atoms with Gasteiger partial charge in [0.05, 0.1) is 5.56 Å². The van der Waals surface area contributed by atoms with Gasteiger partial charge in [-0.3, -0.25) is 0 Å². The van der Waals surface area contributed by atoms with Crippen LogP contribution in [0.3, 0.4) is 0 Å². The van der Waals surface area contributed by atoms with E-state index < -0.39 is 17.6 Å². The van der Waals surface area contributed by atoms with Crippen LogP contribution >= 0.6 is 22.6 Å². The van der Waals surface area contributed by atoms with E-state index in [1.54, 1.807) is 28.7 Å². The average Bonchev–Trinajstić information content (AvgIpc) is 2.29. The first-order chi connectivity index (χ1) is 8.39. The fourth-order valence-electron chi connectivity index (χ4n) is 1.61. The molecule has 0 unspecified atom stereocenters. The number of rotatable bonds is 1. The van der Waals surface area contributed by atoms with Crippen molar-refractivity contribution in [1.29, 1.82) is 0 Å². The van der Waals surface area contributed by atoms with Crippen molar-refractivity contribution in [3.63, 3.8) is 0 Å². The molecule has 5 heteroatoms. The van der Waals surface area contributed by atoms with Crippen molar-refractivity contribution in [1.82, 2.24) is 0 Å². The van der Waals surface area contributed by atoms with Crippen molar-refractivity contribution in [2.45, 2.75) is 6.18 Å². The zero-order valence-electron chi connectivity index (χ0n) is 8.93. The van der Waals surface area contributed by atoms with Crippen LogP contribution in [0.4, 0.5) is 17.6 Å². The minimum atomic E-state index is -4.43. The van der Waals surface area contributed by atoms with Crippen LogP contribution in [0.25, 0.3) is 11.1 Å². The summed E-state index contributed by atoms with van der Waals surface area (Å²) in [5.41, 5.74) is -0.357. The van der Waals surface area contributed by atoms with E-state index in [4.69, 9.17) is 0 Å². The maximum atomic E-state index is 13.5. The molecule has 2 rings (SSSR count). The molecular formula is C13H7F4I. The van der Waals surface area contributed by atoms with Crippen molar-refractivity contribution < 1.29 is 17.6 Å². The summed E-state index contributed by atoms with van der Waals surface area (Å²) < 4.78 is 51.9. The Morgan fingerprint density at radius 2 is 1.61 bits per heavy atom. The van der Waals surface area contributed by atoms with Crippen molar-refractivity contribution in [3.8, 4) is 11.1 Å². The number of halogens is 5. The summed E-state index contributed by atoms with van der Waals surface area (Å²) in [4.78, 5) is 0. The van der Waals surface area contributed by atoms with Crippen LogP contribution in [-0.4, -0.2) is 0 Å². The summed E-state index contributed by atoms with van der Waals surface area (Å²) in [7, 11) is 0. The quantitative estimate of drug-likeness (QED) is 0.486. The topological polar surface area (TPSA) is 0 Å². The van der Waals surface area contributed by atoms with Crippen LogP contribution in [0, 0.1) is 9.39 Å². The zero-order valence-corrected chi connectivity index (χ0v) is 11.1. The molecule has 0 amide bonds. The van der Waals surface area contributed by atoms with Gasteiger partial charge in [0.2, 0.25) is 0 Å². The summed E-state index contributed by atoms with van der Waals surface area (Å²) in [6.45, 7) is 0. The Morgan fingerprint density at radius 3 is 2.22 bits per heavy atom. The minimum Gasteiger partial charge on any atom is -0.206 e. The monoisotopic (exact) mass is 366 g/mol. The first-order valence-electron chi connectivity index (χ1n) is 5.01. The highest BCUT2D eigenvalue weighted by Crippen LogP contribution is 2.35. The molecule has 0 bridgehead atoms. The highest BCUT2D eigenvalue weighted by molar-refractivity contribution is 14.1. The van der Waals surface area contributed by atoms with Gasteiger partial charge in [-0.1, -0.05) is 24.3 Å². The zero-order chi connectivity index (χ0) is 13.3. The lowest BCUT2D eigenvalue weighted by Crippen LogP contribution is -2.07. The largest absolute Gasteiger partial charge is 0.417 e. The second-order valence-corrected chi connectivity index (χ2v) is 4.83. The fraction of sp³-hybridized carbons (Fsp3) is 0.0769. The molecule has 2 aromatic carbocycles. The Bertz CT molecular complexity index is 575. The Hall–Kier alpha value is -1.11. The van der Waals surface area contributed by atoms with Crippen LogP contribution in [0.5, 0.6) is 0 Å². The van der Waals surface area contributed by atoms with Crippen LogP contribution in [0.1, 0.15) is 5.56 Å². The molecule has 0 aliphatic rings. The van der Waals surface area contributed by atoms with Gasteiger partial charge < -0.3 is 0 Å². The van der Waals surface area contributed by atoms with Gasteiger partial charge in [0, 0.05) is 9.13 Å². The van der Waals surface area contributed by atoms with Crippen LogP contribution < -0.4 is 0 Å². The SMILES string of the molecule is Fc1ccccc1-c1ccc(I)c(C(F)(F)F)c1. The number of hydrogen-bond donors (Lipinski definition) is 0. The highest BCUT2D eigenvalue weighted by atomic mass is 127. The maximum Gasteiger partial charge on any atom is 0.417 e. The Morgan fingerprint density at radius 1 is 0.944 bits per heavy atom. The van der Waals surface area contributed by atoms with Gasteiger partial charge in [0.1, 0.15) is 5.82 Å². The Kier molecular flexibility index (Phi) is 3.61. The molecule has 18 heavy (non-hydrogen) atoms. The normalized spacial score (nSPS) is 11.6. The third kappa shape index (κ3) is 2.66. The molecule has 0 spiro atoms. The molecule has 0 heterocycles. The lowest BCUT2D eigenvalue weighted by Gasteiger charge is -2.11. The summed E-state index contributed by atoms with van der Waals surface area (Å²) in [6.07, 6.45) is -4.43. The van der Waals surface area contributed by atoms with Crippen LogP contribution in [0.15, 0.2) is 42.5 Å². The van der Waals surface area contributed by atoms with Crippen molar-refractivity contribution in [3.05, 3.63) is 57.4 Å². The second kappa shape index (κ2) is 4.87. The third-order valence-corrected chi connectivity index (χ3v) is 3.40. The molecule has 0 aliphatic carbocycles. The molecule has 0 radical (unpaired) electrons. The summed E-state index contributed by atoms with van der Waals surface area (Å²) >= 11 is 1.62. The minimum absolute atomic E-state index is 0.0974. The molecular weight excluding hydrogens is 359 g/mol. The van der Waals surface area contributed by atoms with E-state index in [1.165, 1.54) is 30.3 Å². The van der Waals surface area contributed by atoms with Gasteiger partial charge >= 0.3 is 6.18 Å². The van der Waals surface area contributed by atoms with Gasteiger partial charge in [-0.25, -0.2) is 4.39 Å². The summed E-state index contributed by atoms with van der Waals surface area (Å²) in [6, 6.07) is 9.55. The number of hydrogen-bond acceptors (Lipinski definition) is 0. The van der Waals surface area contributed by atoms with Gasteiger partial charge in [-0.05, 0) is 46.4 Å². The molecule has 0 aliphatic heterocycles. The molecule has 0 saturated heterocycles. The molecule has 0 atom stereocenters. The smallest absolute Gasteiger partial charge is 0.206 e. The van der Waals surface area contributed by atoms with E-state index in [1.807, 2.05) is 0 Å². The van der Waals surface area contributed by atoms with Crippen LogP contribution in [0.2, 0.25) is 0 Å². The van der Waals surface area contributed by atoms with Gasteiger partial charge in [0.15, 0.2) is 0 Å². The van der Waals surface area contributed by atoms with E-state index in [0.717, 1.165) is 6.07 Å². The first kappa shape index (κ1) is 13.3. The summed E-state index contributed by atoms with van der Waals surface area (Å²) in [5, 5.41) is 0. The molecule has 0 N–H and O–H groups in total. The molecule has 0 nitrogen and oxygen atoms in total. The van der Waals surface area contributed by atoms with E-state index in [0.29, 0.717) is 0 Å². The maximum absolute atomic E-state index is 13.5. The third-order valence-electron chi connectivity index (χ3n) is 2.46. The molecule has 0 aromatic heterocycles. The molecule has 94 valence electrons. The standard InChI is InChI=1S/C13H7F4I/c14-11-4-2-1-3-9(11)8-5-6-12(18)10(7-8)13(15,16)17/h1-7H. The van der Waals surface area contributed by atoms with Gasteiger partial charge in [-0.2, -0.15) is 13.2 Å². The Labute approximate surface area is 115 Å². The average molecular weight is 366 g/mol. The number of benzene rings is 2. The molecule has 0 fully saturated rings. The predicted octanol–water partition coefficient (Wildman–Crippen LogP) is 5.12. The van der Waals surface area contributed by atoms with E-state index in [-0.39, 0.29) is 14.7 Å². The molecule has 2 aromatic rings. The van der Waals surface area contributed by atoms with Crippen molar-refractivity contribution in [2.75, 3.05) is 0 Å². The second-order valence-electron chi connectivity index (χ2n) is 3.67. The Balaban J connectivity index is 2.58. The van der Waals surface area contributed by atoms with Gasteiger partial charge in [0.25, 0.3) is 0 Å². The van der Waals surface area contributed by atoms with E-state index >= 15 is 0 Å². The lowest BCUT2D eigenvalue weighted by molar-refractivity contribution is -0.138.